The molecule has 2 nitrogen and oxygen atoms in total. The first kappa shape index (κ1) is 34.0. The Bertz CT molecular complexity index is 3240. The highest BCUT2D eigenvalue weighted by Gasteiger charge is 2.47. The van der Waals surface area contributed by atoms with Crippen LogP contribution < -0.4 is 0 Å². The second-order valence-electron chi connectivity index (χ2n) is 16.8. The molecule has 3 atom stereocenters. The molecular formula is C55H40N2S2. The van der Waals surface area contributed by atoms with Gasteiger partial charge in [0.15, 0.2) is 5.84 Å². The molecule has 3 unspecified atom stereocenters. The van der Waals surface area contributed by atoms with Gasteiger partial charge in [0.25, 0.3) is 0 Å². The molecule has 0 radical (unpaired) electrons. The van der Waals surface area contributed by atoms with Crippen LogP contribution in [0.5, 0.6) is 0 Å². The predicted octanol–water partition coefficient (Wildman–Crippen LogP) is 14.4. The topological polar surface area (TPSA) is 17.3 Å². The molecule has 59 heavy (non-hydrogen) atoms. The van der Waals surface area contributed by atoms with Gasteiger partial charge in [-0.15, -0.1) is 28.8 Å². The number of rotatable bonds is 3. The number of aromatic nitrogens is 1. The molecule has 0 fully saturated rings. The largest absolute Gasteiger partial charge is 0.297 e. The van der Waals surface area contributed by atoms with Gasteiger partial charge in [-0.2, -0.15) is 0 Å². The van der Waals surface area contributed by atoms with Crippen molar-refractivity contribution in [3.05, 3.63) is 200 Å². The fourth-order valence-electron chi connectivity index (χ4n) is 11.3. The van der Waals surface area contributed by atoms with Crippen LogP contribution in [0.1, 0.15) is 74.8 Å². The van der Waals surface area contributed by atoms with Crippen LogP contribution in [0, 0.1) is 12.8 Å². The summed E-state index contributed by atoms with van der Waals surface area (Å²) in [4.78, 5) is 8.83. The third-order valence-corrected chi connectivity index (χ3v) is 16.4. The molecule has 7 aliphatic rings. The van der Waals surface area contributed by atoms with Crippen LogP contribution >= 0.6 is 23.1 Å². The number of aryl methyl sites for hydroxylation is 2. The third kappa shape index (κ3) is 4.74. The summed E-state index contributed by atoms with van der Waals surface area (Å²) in [5.41, 5.74) is 23.5. The first-order valence-electron chi connectivity index (χ1n) is 21.1. The maximum atomic E-state index is 5.97. The van der Waals surface area contributed by atoms with E-state index in [-0.39, 0.29) is 11.2 Å². The molecule has 4 aromatic carbocycles. The fraction of sp³-hybridized carbons (Fsp3) is 0.164. The van der Waals surface area contributed by atoms with Crippen molar-refractivity contribution in [3.63, 3.8) is 0 Å². The molecule has 282 valence electrons. The van der Waals surface area contributed by atoms with Crippen molar-refractivity contribution >= 4 is 84.4 Å². The summed E-state index contributed by atoms with van der Waals surface area (Å²) in [5.74, 6) is 1.44. The zero-order chi connectivity index (χ0) is 38.9. The van der Waals surface area contributed by atoms with Crippen LogP contribution in [-0.4, -0.2) is 15.7 Å². The minimum atomic E-state index is 0.237. The van der Waals surface area contributed by atoms with Crippen molar-refractivity contribution in [1.82, 2.24) is 4.57 Å². The number of fused-ring (bicyclic) bond motifs is 9. The summed E-state index contributed by atoms with van der Waals surface area (Å²) in [7, 11) is 0. The van der Waals surface area contributed by atoms with E-state index in [1.165, 1.54) is 86.8 Å². The average Bonchev–Trinajstić information content (AvgIpc) is 3.93. The van der Waals surface area contributed by atoms with Gasteiger partial charge in [0.05, 0.1) is 17.0 Å². The Balaban J connectivity index is 1.17. The van der Waals surface area contributed by atoms with Crippen LogP contribution in [-0.2, 0) is 12.8 Å². The minimum absolute atomic E-state index is 0.237. The molecule has 13 rings (SSSR count). The molecule has 2 aromatic heterocycles. The molecule has 0 bridgehead atoms. The SMILES string of the molecule is C=C=C(C(=Nc1c(C)ccc2ccccc12)n1c2c3c4c1CC1Sc5ccccc5C1=C4C1=C(CCC=C1)C1=CC=CC(C=C2)C13)c1cccc2c3c(sc12)CCC=C3. The van der Waals surface area contributed by atoms with Gasteiger partial charge >= 0.3 is 0 Å². The van der Waals surface area contributed by atoms with Gasteiger partial charge in [0, 0.05) is 65.6 Å². The average molecular weight is 793 g/mol. The van der Waals surface area contributed by atoms with Crippen LogP contribution in [0.25, 0.3) is 49.7 Å². The lowest BCUT2D eigenvalue weighted by molar-refractivity contribution is 0.654. The standard InChI is InChI=1S/C55H40N2S2/c1-3-34(40-22-13-23-41-37-18-8-10-24-45(37)59-54(40)41)55(56-53-31(2)26-27-32-14-4-5-16-35(32)53)57-43-29-28-33-15-12-21-38-36-17-6-7-19-39(36)50-49-42-20-9-11-25-46(42)58-47(49)30-44(57)52(50)51(43)48(33)38/h4-5,7-9,11-16,18-23,25-29,33,47-48H,1,6,10,17,24,30H2,2H3. The maximum Gasteiger partial charge on any atom is 0.153 e. The van der Waals surface area contributed by atoms with Gasteiger partial charge in [-0.25, -0.2) is 4.99 Å². The zero-order valence-electron chi connectivity index (χ0n) is 32.9. The van der Waals surface area contributed by atoms with Crippen molar-refractivity contribution in [1.29, 1.82) is 0 Å². The van der Waals surface area contributed by atoms with Crippen molar-refractivity contribution in [2.45, 2.75) is 55.1 Å². The molecular weight excluding hydrogens is 753 g/mol. The molecule has 0 saturated heterocycles. The number of aliphatic imine (C=N–C) groups is 1. The number of benzene rings is 4. The Morgan fingerprint density at radius 1 is 0.881 bits per heavy atom. The van der Waals surface area contributed by atoms with Crippen LogP contribution in [0.4, 0.5) is 5.69 Å². The highest BCUT2D eigenvalue weighted by atomic mass is 32.2. The maximum absolute atomic E-state index is 5.97. The molecule has 6 aromatic rings. The van der Waals surface area contributed by atoms with E-state index < -0.39 is 0 Å². The lowest BCUT2D eigenvalue weighted by atomic mass is 9.71. The molecule has 0 N–H and O–H groups in total. The van der Waals surface area contributed by atoms with Gasteiger partial charge in [-0.1, -0.05) is 128 Å². The quantitative estimate of drug-likeness (QED) is 0.0991. The van der Waals surface area contributed by atoms with Crippen LogP contribution in [0.3, 0.4) is 0 Å². The second kappa shape index (κ2) is 12.8. The summed E-state index contributed by atoms with van der Waals surface area (Å²) >= 11 is 3.98. The van der Waals surface area contributed by atoms with E-state index in [1.54, 1.807) is 0 Å². The van der Waals surface area contributed by atoms with Gasteiger partial charge in [0.1, 0.15) is 0 Å². The summed E-state index contributed by atoms with van der Waals surface area (Å²) in [6, 6.07) is 29.1. The Morgan fingerprint density at radius 2 is 1.75 bits per heavy atom. The van der Waals surface area contributed by atoms with Gasteiger partial charge in [0.2, 0.25) is 0 Å². The highest BCUT2D eigenvalue weighted by Crippen LogP contribution is 2.62. The number of thiophene rings is 1. The van der Waals surface area contributed by atoms with Crippen molar-refractivity contribution < 1.29 is 0 Å². The van der Waals surface area contributed by atoms with Crippen molar-refractivity contribution in [2.75, 3.05) is 0 Å². The zero-order valence-corrected chi connectivity index (χ0v) is 34.5. The molecule has 1 aliphatic heterocycles. The normalized spacial score (nSPS) is 21.5. The number of allylic oxidation sites excluding steroid dienone is 12. The van der Waals surface area contributed by atoms with E-state index in [9.17, 15) is 0 Å². The predicted molar refractivity (Wildman–Crippen MR) is 252 cm³/mol. The van der Waals surface area contributed by atoms with Crippen molar-refractivity contribution in [3.8, 4) is 0 Å². The monoisotopic (exact) mass is 792 g/mol. The summed E-state index contributed by atoms with van der Waals surface area (Å²) in [5, 5.41) is 3.94. The highest BCUT2D eigenvalue weighted by molar-refractivity contribution is 8.01. The van der Waals surface area contributed by atoms with E-state index in [4.69, 9.17) is 4.99 Å². The van der Waals surface area contributed by atoms with E-state index >= 15 is 0 Å². The van der Waals surface area contributed by atoms with Crippen molar-refractivity contribution in [2.24, 2.45) is 10.9 Å². The number of hydrogen-bond acceptors (Lipinski definition) is 3. The van der Waals surface area contributed by atoms with Crippen LogP contribution in [0.2, 0.25) is 0 Å². The van der Waals surface area contributed by atoms with Gasteiger partial charge < -0.3 is 0 Å². The van der Waals surface area contributed by atoms with E-state index in [1.807, 2.05) is 23.1 Å². The first-order valence-corrected chi connectivity index (χ1v) is 22.8. The number of nitrogens with zero attached hydrogens (tertiary/aromatic N) is 2. The number of hydrogen-bond donors (Lipinski definition) is 0. The lowest BCUT2D eigenvalue weighted by Crippen LogP contribution is -2.24. The molecule has 4 heteroatoms. The molecule has 0 spiro atoms. The van der Waals surface area contributed by atoms with E-state index in [2.05, 4.69) is 157 Å². The Labute approximate surface area is 353 Å². The summed E-state index contributed by atoms with van der Waals surface area (Å²) < 4.78 is 3.88. The van der Waals surface area contributed by atoms with E-state index in [0.29, 0.717) is 5.92 Å². The third-order valence-electron chi connectivity index (χ3n) is 13.8. The Hall–Kier alpha value is -5.90. The lowest BCUT2D eigenvalue weighted by Gasteiger charge is -2.33. The van der Waals surface area contributed by atoms with Crippen LogP contribution in [0.15, 0.2) is 160 Å². The molecule has 3 heterocycles. The smallest absolute Gasteiger partial charge is 0.153 e. The first-order chi connectivity index (χ1) is 29.2. The summed E-state index contributed by atoms with van der Waals surface area (Å²) in [6.45, 7) is 6.72. The summed E-state index contributed by atoms with van der Waals surface area (Å²) in [6.07, 6.45) is 26.9. The van der Waals surface area contributed by atoms with E-state index in [0.717, 1.165) is 65.7 Å². The Morgan fingerprint density at radius 3 is 2.69 bits per heavy atom. The van der Waals surface area contributed by atoms with Gasteiger partial charge in [-0.05, 0) is 100 Å². The minimum Gasteiger partial charge on any atom is -0.297 e. The second-order valence-corrected chi connectivity index (χ2v) is 19.2. The molecule has 0 saturated carbocycles. The van der Waals surface area contributed by atoms with Gasteiger partial charge in [-0.3, -0.25) is 4.57 Å². The number of thioether (sulfide) groups is 1. The Kier molecular flexibility index (Phi) is 7.38. The molecule has 6 aliphatic carbocycles. The fourth-order valence-corrected chi connectivity index (χ4v) is 14.0. The molecule has 0 amide bonds.